The van der Waals surface area contributed by atoms with Gasteiger partial charge < -0.3 is 14.5 Å². The minimum absolute atomic E-state index is 0.132. The maximum Gasteiger partial charge on any atom is 0.410 e. The van der Waals surface area contributed by atoms with Gasteiger partial charge in [-0.3, -0.25) is 0 Å². The zero-order chi connectivity index (χ0) is 16.3. The Hall–Kier alpha value is -1.37. The smallest absolute Gasteiger partial charge is 0.410 e. The molecular formula is C15H23BrN4O2. The molecule has 0 aromatic carbocycles. The number of likely N-dealkylation sites (N-methyl/N-ethyl adjacent to an activating group) is 1. The lowest BCUT2D eigenvalue weighted by Crippen LogP contribution is -2.44. The highest BCUT2D eigenvalue weighted by molar-refractivity contribution is 9.10. The van der Waals surface area contributed by atoms with Crippen LogP contribution in [-0.2, 0) is 4.74 Å². The summed E-state index contributed by atoms with van der Waals surface area (Å²) in [6, 6.07) is 0.132. The molecule has 1 fully saturated rings. The van der Waals surface area contributed by atoms with E-state index in [4.69, 9.17) is 4.74 Å². The Labute approximate surface area is 140 Å². The van der Waals surface area contributed by atoms with Crippen molar-refractivity contribution in [1.82, 2.24) is 14.9 Å². The molecule has 0 aliphatic carbocycles. The number of halogens is 1. The Morgan fingerprint density at radius 3 is 2.68 bits per heavy atom. The van der Waals surface area contributed by atoms with E-state index in [1.54, 1.807) is 12.4 Å². The van der Waals surface area contributed by atoms with Gasteiger partial charge in [0.15, 0.2) is 0 Å². The Balaban J connectivity index is 1.98. The van der Waals surface area contributed by atoms with Gasteiger partial charge in [0.05, 0.1) is 10.5 Å². The number of likely N-dealkylation sites (tertiary alicyclic amines) is 1. The molecule has 0 bridgehead atoms. The first-order valence-electron chi connectivity index (χ1n) is 7.44. The predicted molar refractivity (Wildman–Crippen MR) is 89.0 cm³/mol. The van der Waals surface area contributed by atoms with Gasteiger partial charge in [0.2, 0.25) is 5.95 Å². The zero-order valence-corrected chi connectivity index (χ0v) is 15.1. The van der Waals surface area contributed by atoms with Crippen LogP contribution in [0.15, 0.2) is 16.9 Å². The van der Waals surface area contributed by atoms with Crippen molar-refractivity contribution in [3.8, 4) is 0 Å². The lowest BCUT2D eigenvalue weighted by atomic mass is 10.2. The highest BCUT2D eigenvalue weighted by atomic mass is 79.9. The van der Waals surface area contributed by atoms with Crippen LogP contribution in [0.5, 0.6) is 0 Å². The van der Waals surface area contributed by atoms with Crippen molar-refractivity contribution in [2.75, 3.05) is 25.0 Å². The minimum atomic E-state index is -0.467. The SMILES string of the molecule is CN(C[C@@H]1CCCN1C(=O)OC(C)(C)C)c1ncc(Br)cn1. The summed E-state index contributed by atoms with van der Waals surface area (Å²) in [5.74, 6) is 0.652. The number of hydrogen-bond donors (Lipinski definition) is 0. The molecule has 0 saturated carbocycles. The van der Waals surface area contributed by atoms with E-state index in [0.717, 1.165) is 23.9 Å². The summed E-state index contributed by atoms with van der Waals surface area (Å²) in [5.41, 5.74) is -0.467. The van der Waals surface area contributed by atoms with Crippen molar-refractivity contribution in [2.24, 2.45) is 0 Å². The number of amides is 1. The average molecular weight is 371 g/mol. The van der Waals surface area contributed by atoms with E-state index in [0.29, 0.717) is 12.5 Å². The van der Waals surface area contributed by atoms with Crippen LogP contribution in [0.25, 0.3) is 0 Å². The molecule has 2 rings (SSSR count). The van der Waals surface area contributed by atoms with E-state index in [9.17, 15) is 4.79 Å². The van der Waals surface area contributed by atoms with Crippen LogP contribution in [0.4, 0.5) is 10.7 Å². The summed E-state index contributed by atoms with van der Waals surface area (Å²) in [4.78, 5) is 24.6. The second kappa shape index (κ2) is 6.81. The van der Waals surface area contributed by atoms with Gasteiger partial charge >= 0.3 is 6.09 Å². The maximum absolute atomic E-state index is 12.3. The van der Waals surface area contributed by atoms with Gasteiger partial charge in [-0.1, -0.05) is 0 Å². The Kier molecular flexibility index (Phi) is 5.26. The second-order valence-electron chi connectivity index (χ2n) is 6.55. The molecule has 122 valence electrons. The number of carbonyl (C=O) groups is 1. The molecule has 1 atom stereocenters. The normalized spacial score (nSPS) is 18.4. The molecule has 22 heavy (non-hydrogen) atoms. The van der Waals surface area contributed by atoms with Gasteiger partial charge in [0, 0.05) is 32.5 Å². The molecule has 0 radical (unpaired) electrons. The second-order valence-corrected chi connectivity index (χ2v) is 7.47. The predicted octanol–water partition coefficient (Wildman–Crippen LogP) is 3.07. The van der Waals surface area contributed by atoms with Gasteiger partial charge in [-0.2, -0.15) is 0 Å². The number of nitrogens with zero attached hydrogens (tertiary/aromatic N) is 4. The first kappa shape index (κ1) is 17.0. The first-order chi connectivity index (χ1) is 10.3. The van der Waals surface area contributed by atoms with Gasteiger partial charge in [-0.25, -0.2) is 14.8 Å². The van der Waals surface area contributed by atoms with Crippen molar-refractivity contribution >= 4 is 28.0 Å². The third kappa shape index (κ3) is 4.56. The molecule has 1 aromatic rings. The molecule has 1 aliphatic heterocycles. The van der Waals surface area contributed by atoms with Crippen LogP contribution in [0.2, 0.25) is 0 Å². The first-order valence-corrected chi connectivity index (χ1v) is 8.24. The molecule has 0 unspecified atom stereocenters. The highest BCUT2D eigenvalue weighted by Crippen LogP contribution is 2.22. The number of aromatic nitrogens is 2. The highest BCUT2D eigenvalue weighted by Gasteiger charge is 2.33. The Bertz CT molecular complexity index is 515. The number of anilines is 1. The molecule has 0 N–H and O–H groups in total. The van der Waals surface area contributed by atoms with Crippen molar-refractivity contribution in [1.29, 1.82) is 0 Å². The van der Waals surface area contributed by atoms with Gasteiger partial charge in [0.25, 0.3) is 0 Å². The van der Waals surface area contributed by atoms with Crippen LogP contribution < -0.4 is 4.90 Å². The summed E-state index contributed by atoms with van der Waals surface area (Å²) < 4.78 is 6.33. The fourth-order valence-electron chi connectivity index (χ4n) is 2.49. The van der Waals surface area contributed by atoms with E-state index in [1.807, 2.05) is 37.6 Å². The summed E-state index contributed by atoms with van der Waals surface area (Å²) in [5, 5.41) is 0. The van der Waals surface area contributed by atoms with Crippen molar-refractivity contribution < 1.29 is 9.53 Å². The quantitative estimate of drug-likeness (QED) is 0.817. The molecule has 1 aromatic heterocycles. The molecular weight excluding hydrogens is 348 g/mol. The third-order valence-corrected chi connectivity index (χ3v) is 3.85. The summed E-state index contributed by atoms with van der Waals surface area (Å²) in [7, 11) is 1.94. The van der Waals surface area contributed by atoms with Crippen LogP contribution in [0.3, 0.4) is 0 Å². The fraction of sp³-hybridized carbons (Fsp3) is 0.667. The third-order valence-electron chi connectivity index (χ3n) is 3.44. The monoisotopic (exact) mass is 370 g/mol. The molecule has 7 heteroatoms. The average Bonchev–Trinajstić information content (AvgIpc) is 2.85. The Morgan fingerprint density at radius 2 is 2.09 bits per heavy atom. The molecule has 1 amide bonds. The van der Waals surface area contributed by atoms with Gasteiger partial charge in [-0.05, 0) is 49.5 Å². The lowest BCUT2D eigenvalue weighted by Gasteiger charge is -2.30. The van der Waals surface area contributed by atoms with Crippen LogP contribution in [-0.4, -0.2) is 52.7 Å². The van der Waals surface area contributed by atoms with E-state index in [2.05, 4.69) is 25.9 Å². The van der Waals surface area contributed by atoms with Crippen LogP contribution >= 0.6 is 15.9 Å². The Morgan fingerprint density at radius 1 is 1.45 bits per heavy atom. The zero-order valence-electron chi connectivity index (χ0n) is 13.5. The maximum atomic E-state index is 12.3. The largest absolute Gasteiger partial charge is 0.444 e. The van der Waals surface area contributed by atoms with E-state index < -0.39 is 5.60 Å². The van der Waals surface area contributed by atoms with E-state index >= 15 is 0 Å². The number of hydrogen-bond acceptors (Lipinski definition) is 5. The summed E-state index contributed by atoms with van der Waals surface area (Å²) in [6.45, 7) is 7.10. The summed E-state index contributed by atoms with van der Waals surface area (Å²) in [6.07, 6.45) is 5.18. The fourth-order valence-corrected chi connectivity index (χ4v) is 2.69. The van der Waals surface area contributed by atoms with E-state index in [-0.39, 0.29) is 12.1 Å². The summed E-state index contributed by atoms with van der Waals surface area (Å²) >= 11 is 3.33. The molecule has 1 saturated heterocycles. The number of ether oxygens (including phenoxy) is 1. The number of rotatable bonds is 3. The molecule has 1 aliphatic rings. The van der Waals surface area contributed by atoms with E-state index in [1.165, 1.54) is 0 Å². The van der Waals surface area contributed by atoms with Gasteiger partial charge in [-0.15, -0.1) is 0 Å². The van der Waals surface area contributed by atoms with Crippen molar-refractivity contribution in [2.45, 2.75) is 45.3 Å². The van der Waals surface area contributed by atoms with Gasteiger partial charge in [0.1, 0.15) is 5.60 Å². The van der Waals surface area contributed by atoms with Crippen LogP contribution in [0, 0.1) is 0 Å². The van der Waals surface area contributed by atoms with Crippen LogP contribution in [0.1, 0.15) is 33.6 Å². The minimum Gasteiger partial charge on any atom is -0.444 e. The molecule has 6 nitrogen and oxygen atoms in total. The molecule has 2 heterocycles. The van der Waals surface area contributed by atoms with Crippen molar-refractivity contribution in [3.63, 3.8) is 0 Å². The topological polar surface area (TPSA) is 58.6 Å². The van der Waals surface area contributed by atoms with Crippen molar-refractivity contribution in [3.05, 3.63) is 16.9 Å². The number of carbonyl (C=O) groups excluding carboxylic acids is 1. The lowest BCUT2D eigenvalue weighted by molar-refractivity contribution is 0.0231. The standard InChI is InChI=1S/C15H23BrN4O2/c1-15(2,3)22-14(21)20-7-5-6-12(20)10-19(4)13-17-8-11(16)9-18-13/h8-9,12H,5-7,10H2,1-4H3/t12-/m0/s1. The molecule has 0 spiro atoms.